The van der Waals surface area contributed by atoms with Crippen LogP contribution in [0.3, 0.4) is 0 Å². The smallest absolute Gasteiger partial charge is 0.306 e. The van der Waals surface area contributed by atoms with Crippen molar-refractivity contribution in [3.05, 3.63) is 72.9 Å². The van der Waals surface area contributed by atoms with E-state index in [0.29, 0.717) is 19.3 Å². The Hall–Kier alpha value is -3.15. The minimum absolute atomic E-state index is 0.0833. The molecular weight excluding hydrogens is 829 g/mol. The molecule has 0 bridgehead atoms. The van der Waals surface area contributed by atoms with Crippen LogP contribution in [-0.4, -0.2) is 37.2 Å². The maximum Gasteiger partial charge on any atom is 0.306 e. The van der Waals surface area contributed by atoms with Gasteiger partial charge in [-0.25, -0.2) is 0 Å². The van der Waals surface area contributed by atoms with Gasteiger partial charge in [0, 0.05) is 19.3 Å². The molecule has 0 radical (unpaired) electrons. The first-order valence-electron chi connectivity index (χ1n) is 28.5. The van der Waals surface area contributed by atoms with Gasteiger partial charge >= 0.3 is 17.9 Å². The molecule has 0 aliphatic carbocycles. The van der Waals surface area contributed by atoms with E-state index < -0.39 is 6.10 Å². The summed E-state index contributed by atoms with van der Waals surface area (Å²) in [6.45, 7) is 6.54. The summed E-state index contributed by atoms with van der Waals surface area (Å²) in [6, 6.07) is 0. The summed E-state index contributed by atoms with van der Waals surface area (Å²) < 4.78 is 16.9. The third kappa shape index (κ3) is 53.7. The number of esters is 3. The maximum atomic E-state index is 12.9. The molecule has 0 aromatic rings. The van der Waals surface area contributed by atoms with Crippen molar-refractivity contribution in [3.63, 3.8) is 0 Å². The van der Waals surface area contributed by atoms with Crippen molar-refractivity contribution in [1.29, 1.82) is 0 Å². The summed E-state index contributed by atoms with van der Waals surface area (Å²) in [6.07, 6.45) is 70.2. The van der Waals surface area contributed by atoms with Gasteiger partial charge in [0.05, 0.1) is 0 Å². The third-order valence-electron chi connectivity index (χ3n) is 12.3. The Kier molecular flexibility index (Phi) is 52.8. The maximum absolute atomic E-state index is 12.9. The highest BCUT2D eigenvalue weighted by Gasteiger charge is 2.19. The van der Waals surface area contributed by atoms with Gasteiger partial charge in [-0.1, -0.05) is 267 Å². The second-order valence-corrected chi connectivity index (χ2v) is 19.0. The predicted molar refractivity (Wildman–Crippen MR) is 288 cm³/mol. The average Bonchev–Trinajstić information content (AvgIpc) is 3.33. The summed E-state index contributed by atoms with van der Waals surface area (Å²) in [7, 11) is 0. The lowest BCUT2D eigenvalue weighted by Crippen LogP contribution is -2.30. The van der Waals surface area contributed by atoms with Crippen LogP contribution in [0.5, 0.6) is 0 Å². The lowest BCUT2D eigenvalue weighted by molar-refractivity contribution is -0.167. The number of rotatable bonds is 51. The normalized spacial score (nSPS) is 12.6. The van der Waals surface area contributed by atoms with Gasteiger partial charge in [-0.05, 0) is 64.2 Å². The van der Waals surface area contributed by atoms with Gasteiger partial charge in [0.2, 0.25) is 0 Å². The molecule has 1 atom stereocenters. The zero-order valence-corrected chi connectivity index (χ0v) is 44.2. The average molecular weight is 936 g/mol. The predicted octanol–water partition coefficient (Wildman–Crippen LogP) is 19.0. The van der Waals surface area contributed by atoms with E-state index >= 15 is 0 Å². The van der Waals surface area contributed by atoms with Crippen molar-refractivity contribution < 1.29 is 28.6 Å². The minimum atomic E-state index is -0.787. The van der Waals surface area contributed by atoms with Crippen LogP contribution >= 0.6 is 0 Å². The second-order valence-electron chi connectivity index (χ2n) is 19.0. The van der Waals surface area contributed by atoms with Crippen LogP contribution in [0.25, 0.3) is 0 Å². The fourth-order valence-electron chi connectivity index (χ4n) is 8.00. The van der Waals surface area contributed by atoms with Crippen molar-refractivity contribution >= 4 is 17.9 Å². The number of carbonyl (C=O) groups excluding carboxylic acids is 3. The van der Waals surface area contributed by atoms with Crippen molar-refractivity contribution in [2.45, 2.75) is 284 Å². The zero-order valence-electron chi connectivity index (χ0n) is 44.2. The Morgan fingerprint density at radius 1 is 0.299 bits per heavy atom. The summed E-state index contributed by atoms with van der Waals surface area (Å²) in [5.74, 6) is -0.904. The molecule has 1 unspecified atom stereocenters. The Morgan fingerprint density at radius 2 is 0.582 bits per heavy atom. The number of ether oxygens (including phenoxy) is 3. The SMILES string of the molecule is CCC\C=C/C=C\C=C/C=C\C=C/CCCCCCCC(=O)OCC(COC(=O)CCCCCCCCCCCCCCCC)OC(=O)CCCCCCCCC/C=C\CCCCCCCC. The van der Waals surface area contributed by atoms with E-state index in [1.54, 1.807) is 0 Å². The van der Waals surface area contributed by atoms with Crippen LogP contribution in [0.4, 0.5) is 0 Å². The topological polar surface area (TPSA) is 78.9 Å². The van der Waals surface area contributed by atoms with Crippen molar-refractivity contribution in [1.82, 2.24) is 0 Å². The largest absolute Gasteiger partial charge is 0.462 e. The third-order valence-corrected chi connectivity index (χ3v) is 12.3. The molecule has 0 N–H and O–H groups in total. The van der Waals surface area contributed by atoms with Gasteiger partial charge in [-0.15, -0.1) is 0 Å². The molecule has 6 nitrogen and oxygen atoms in total. The van der Waals surface area contributed by atoms with Crippen molar-refractivity contribution in [3.8, 4) is 0 Å². The lowest BCUT2D eigenvalue weighted by atomic mass is 10.0. The molecule has 0 aromatic heterocycles. The zero-order chi connectivity index (χ0) is 48.6. The van der Waals surface area contributed by atoms with Crippen LogP contribution in [0, 0.1) is 0 Å². The number of hydrogen-bond donors (Lipinski definition) is 0. The molecule has 0 spiro atoms. The standard InChI is InChI=1S/C61H106O6/c1-4-7-10-13-16-19-22-25-28-30-32-33-36-39-42-45-48-51-54-60(63)66-57-58(56-65-59(62)53-50-47-44-41-38-35-27-24-21-18-15-12-9-6-3)67-61(64)55-52-49-46-43-40-37-34-31-29-26-23-20-17-14-11-8-5-2/h10,13,16,19,22,25-26,28-30,32-33,58H,4-9,11-12,14-15,17-18,20-21,23-24,27,31,34-57H2,1-3H3/b13-10-,19-16-,25-22-,29-26-,30-28-,33-32-. The van der Waals surface area contributed by atoms with Gasteiger partial charge in [0.15, 0.2) is 6.10 Å². The van der Waals surface area contributed by atoms with Crippen LogP contribution in [0.15, 0.2) is 72.9 Å². The monoisotopic (exact) mass is 935 g/mol. The molecule has 0 aromatic carbocycles. The number of allylic oxidation sites excluding steroid dienone is 12. The molecule has 0 saturated heterocycles. The fraction of sp³-hybridized carbons (Fsp3) is 0.754. The molecule has 0 saturated carbocycles. The van der Waals surface area contributed by atoms with Gasteiger partial charge in [-0.2, -0.15) is 0 Å². The Labute approximate surface area is 414 Å². The van der Waals surface area contributed by atoms with E-state index in [4.69, 9.17) is 14.2 Å². The van der Waals surface area contributed by atoms with E-state index in [2.05, 4.69) is 69.4 Å². The molecule has 0 fully saturated rings. The highest BCUT2D eigenvalue weighted by molar-refractivity contribution is 5.71. The molecule has 0 amide bonds. The van der Waals surface area contributed by atoms with Gasteiger partial charge < -0.3 is 14.2 Å². The Bertz CT molecular complexity index is 1260. The lowest BCUT2D eigenvalue weighted by Gasteiger charge is -2.18. The van der Waals surface area contributed by atoms with Gasteiger partial charge in [-0.3, -0.25) is 14.4 Å². The number of unbranched alkanes of at least 4 members (excludes halogenated alkanes) is 32. The van der Waals surface area contributed by atoms with E-state index in [1.807, 2.05) is 24.3 Å². The molecule has 0 rings (SSSR count). The molecule has 0 aliphatic rings. The van der Waals surface area contributed by atoms with E-state index in [-0.39, 0.29) is 31.1 Å². The van der Waals surface area contributed by atoms with Crippen molar-refractivity contribution in [2.24, 2.45) is 0 Å². The first kappa shape index (κ1) is 63.8. The van der Waals surface area contributed by atoms with Gasteiger partial charge in [0.1, 0.15) is 13.2 Å². The number of carbonyl (C=O) groups is 3. The van der Waals surface area contributed by atoms with Crippen LogP contribution in [0.2, 0.25) is 0 Å². The second kappa shape index (κ2) is 55.4. The molecular formula is C61H106O6. The first-order valence-corrected chi connectivity index (χ1v) is 28.5. The van der Waals surface area contributed by atoms with E-state index in [0.717, 1.165) is 83.5 Å². The highest BCUT2D eigenvalue weighted by Crippen LogP contribution is 2.16. The molecule has 0 heterocycles. The summed E-state index contributed by atoms with van der Waals surface area (Å²) in [4.78, 5) is 38.1. The van der Waals surface area contributed by atoms with E-state index in [9.17, 15) is 14.4 Å². The highest BCUT2D eigenvalue weighted by atomic mass is 16.6. The molecule has 386 valence electrons. The summed E-state index contributed by atoms with van der Waals surface area (Å²) >= 11 is 0. The van der Waals surface area contributed by atoms with Crippen LogP contribution in [0.1, 0.15) is 278 Å². The van der Waals surface area contributed by atoms with E-state index in [1.165, 1.54) is 154 Å². The molecule has 6 heteroatoms. The van der Waals surface area contributed by atoms with Crippen molar-refractivity contribution in [2.75, 3.05) is 13.2 Å². The molecule has 0 aliphatic heterocycles. The summed E-state index contributed by atoms with van der Waals surface area (Å²) in [5.41, 5.74) is 0. The minimum Gasteiger partial charge on any atom is -0.462 e. The molecule has 67 heavy (non-hydrogen) atoms. The van der Waals surface area contributed by atoms with Crippen LogP contribution < -0.4 is 0 Å². The fourth-order valence-corrected chi connectivity index (χ4v) is 8.00. The Balaban J connectivity index is 4.43. The van der Waals surface area contributed by atoms with Gasteiger partial charge in [0.25, 0.3) is 0 Å². The summed E-state index contributed by atoms with van der Waals surface area (Å²) in [5, 5.41) is 0. The quantitative estimate of drug-likeness (QED) is 0.0199. The van der Waals surface area contributed by atoms with Crippen LogP contribution in [-0.2, 0) is 28.6 Å². The first-order chi connectivity index (χ1) is 33.0. The Morgan fingerprint density at radius 3 is 0.940 bits per heavy atom. The number of hydrogen-bond acceptors (Lipinski definition) is 6.